The molecule has 5 nitrogen and oxygen atoms in total. The standard InChI is InChI=1S/C25H18FNO4/c1-14-5-10-20-19(11-14)23(29)21-22(16-3-2-4-18(28)12-16)27(25(30)24(21)31-20)13-15-6-8-17(26)9-7-15/h2-12,22,28H,13H2,1H3. The first kappa shape index (κ1) is 19.1. The number of carbonyl (C=O) groups is 1. The number of amides is 1. The lowest BCUT2D eigenvalue weighted by atomic mass is 9.97. The Labute approximate surface area is 177 Å². The zero-order chi connectivity index (χ0) is 21.7. The van der Waals surface area contributed by atoms with Gasteiger partial charge in [-0.2, -0.15) is 0 Å². The predicted octanol–water partition coefficient (Wildman–Crippen LogP) is 4.69. The highest BCUT2D eigenvalue weighted by Gasteiger charge is 2.42. The van der Waals surface area contributed by atoms with Gasteiger partial charge in [-0.3, -0.25) is 9.59 Å². The highest BCUT2D eigenvalue weighted by Crippen LogP contribution is 2.39. The van der Waals surface area contributed by atoms with Crippen LogP contribution in [0.2, 0.25) is 0 Å². The van der Waals surface area contributed by atoms with Crippen LogP contribution in [0.4, 0.5) is 4.39 Å². The van der Waals surface area contributed by atoms with E-state index in [0.717, 1.165) is 5.56 Å². The minimum absolute atomic E-state index is 0.00296. The van der Waals surface area contributed by atoms with E-state index in [4.69, 9.17) is 4.42 Å². The van der Waals surface area contributed by atoms with Gasteiger partial charge in [-0.25, -0.2) is 4.39 Å². The van der Waals surface area contributed by atoms with E-state index in [9.17, 15) is 19.1 Å². The minimum Gasteiger partial charge on any atom is -0.508 e. The fourth-order valence-corrected chi connectivity index (χ4v) is 4.13. The van der Waals surface area contributed by atoms with Crippen molar-refractivity contribution < 1.29 is 18.7 Å². The van der Waals surface area contributed by atoms with Crippen LogP contribution in [0.1, 0.15) is 38.9 Å². The molecule has 1 aliphatic rings. The van der Waals surface area contributed by atoms with Crippen LogP contribution in [-0.4, -0.2) is 15.9 Å². The van der Waals surface area contributed by atoms with Crippen molar-refractivity contribution in [2.75, 3.05) is 0 Å². The van der Waals surface area contributed by atoms with Crippen LogP contribution >= 0.6 is 0 Å². The number of aryl methyl sites for hydroxylation is 1. The van der Waals surface area contributed by atoms with E-state index in [0.29, 0.717) is 22.1 Å². The molecule has 0 saturated carbocycles. The first-order valence-corrected chi connectivity index (χ1v) is 9.84. The summed E-state index contributed by atoms with van der Waals surface area (Å²) in [7, 11) is 0. The number of rotatable bonds is 3. The topological polar surface area (TPSA) is 70.8 Å². The van der Waals surface area contributed by atoms with E-state index in [1.807, 2.05) is 13.0 Å². The van der Waals surface area contributed by atoms with Gasteiger partial charge in [0, 0.05) is 6.54 Å². The van der Waals surface area contributed by atoms with Gasteiger partial charge >= 0.3 is 0 Å². The van der Waals surface area contributed by atoms with Crippen molar-refractivity contribution in [3.8, 4) is 5.75 Å². The van der Waals surface area contributed by atoms with Crippen LogP contribution in [0.3, 0.4) is 0 Å². The fourth-order valence-electron chi connectivity index (χ4n) is 4.13. The van der Waals surface area contributed by atoms with Gasteiger partial charge in [-0.05, 0) is 54.4 Å². The number of hydrogen-bond donors (Lipinski definition) is 1. The molecule has 1 aliphatic heterocycles. The zero-order valence-corrected chi connectivity index (χ0v) is 16.6. The van der Waals surface area contributed by atoms with Crippen molar-refractivity contribution in [1.29, 1.82) is 0 Å². The van der Waals surface area contributed by atoms with Gasteiger partial charge in [-0.1, -0.05) is 35.9 Å². The smallest absolute Gasteiger partial charge is 0.291 e. The average Bonchev–Trinajstić information content (AvgIpc) is 3.02. The number of halogens is 1. The number of nitrogens with zero attached hydrogens (tertiary/aromatic N) is 1. The summed E-state index contributed by atoms with van der Waals surface area (Å²) in [4.78, 5) is 28.4. The number of phenolic OH excluding ortho intramolecular Hbond substituents is 1. The first-order valence-electron chi connectivity index (χ1n) is 9.84. The van der Waals surface area contributed by atoms with Gasteiger partial charge in [0.05, 0.1) is 17.0 Å². The molecule has 154 valence electrons. The Hall–Kier alpha value is -3.93. The summed E-state index contributed by atoms with van der Waals surface area (Å²) in [5.41, 5.74) is 2.52. The molecular formula is C25H18FNO4. The van der Waals surface area contributed by atoms with E-state index < -0.39 is 11.9 Å². The molecule has 6 heteroatoms. The molecule has 0 saturated heterocycles. The van der Waals surface area contributed by atoms with Crippen LogP contribution in [0.25, 0.3) is 11.0 Å². The summed E-state index contributed by atoms with van der Waals surface area (Å²) in [6.07, 6.45) is 0. The highest BCUT2D eigenvalue weighted by molar-refractivity contribution is 5.99. The lowest BCUT2D eigenvalue weighted by Gasteiger charge is -2.25. The van der Waals surface area contributed by atoms with Crippen molar-refractivity contribution in [3.63, 3.8) is 0 Å². The van der Waals surface area contributed by atoms with E-state index >= 15 is 0 Å². The first-order chi connectivity index (χ1) is 14.9. The van der Waals surface area contributed by atoms with Gasteiger partial charge in [0.1, 0.15) is 17.1 Å². The van der Waals surface area contributed by atoms with Gasteiger partial charge in [0.2, 0.25) is 5.76 Å². The molecule has 1 unspecified atom stereocenters. The number of aromatic hydroxyl groups is 1. The van der Waals surface area contributed by atoms with Gasteiger partial charge in [-0.15, -0.1) is 0 Å². The van der Waals surface area contributed by atoms with Gasteiger partial charge in [0.15, 0.2) is 5.43 Å². The Bertz CT molecular complexity index is 1390. The molecule has 0 bridgehead atoms. The summed E-state index contributed by atoms with van der Waals surface area (Å²) in [5.74, 6) is -0.770. The molecule has 4 aromatic rings. The third-order valence-electron chi connectivity index (χ3n) is 5.57. The molecule has 31 heavy (non-hydrogen) atoms. The molecule has 1 atom stereocenters. The molecule has 0 aliphatic carbocycles. The van der Waals surface area contributed by atoms with Crippen molar-refractivity contribution in [2.45, 2.75) is 19.5 Å². The third-order valence-corrected chi connectivity index (χ3v) is 5.57. The quantitative estimate of drug-likeness (QED) is 0.527. The van der Waals surface area contributed by atoms with Gasteiger partial charge < -0.3 is 14.4 Å². The second-order valence-corrected chi connectivity index (χ2v) is 7.73. The summed E-state index contributed by atoms with van der Waals surface area (Å²) < 4.78 is 19.3. The number of hydrogen-bond acceptors (Lipinski definition) is 4. The molecule has 0 spiro atoms. The molecular weight excluding hydrogens is 397 g/mol. The molecule has 3 aromatic carbocycles. The van der Waals surface area contributed by atoms with E-state index in [1.54, 1.807) is 36.4 Å². The number of fused-ring (bicyclic) bond motifs is 2. The second-order valence-electron chi connectivity index (χ2n) is 7.73. The SMILES string of the molecule is Cc1ccc2oc3c(c(=O)c2c1)C(c1cccc(O)c1)N(Cc1ccc(F)cc1)C3=O. The van der Waals surface area contributed by atoms with Crippen LogP contribution in [0.5, 0.6) is 5.75 Å². The Kier molecular flexibility index (Phi) is 4.36. The fraction of sp³-hybridized carbons (Fsp3) is 0.120. The summed E-state index contributed by atoms with van der Waals surface area (Å²) in [6, 6.07) is 16.8. The van der Waals surface area contributed by atoms with Crippen molar-refractivity contribution in [1.82, 2.24) is 4.90 Å². The predicted molar refractivity (Wildman–Crippen MR) is 113 cm³/mol. The number of carbonyl (C=O) groups excluding carboxylic acids is 1. The maximum atomic E-state index is 13.5. The Morgan fingerprint density at radius 3 is 2.55 bits per heavy atom. The van der Waals surface area contributed by atoms with Crippen LogP contribution in [0.15, 0.2) is 75.9 Å². The summed E-state index contributed by atoms with van der Waals surface area (Å²) >= 11 is 0. The molecule has 1 N–H and O–H groups in total. The maximum Gasteiger partial charge on any atom is 0.291 e. The molecule has 0 fully saturated rings. The second kappa shape index (κ2) is 7.09. The number of benzene rings is 3. The molecule has 2 heterocycles. The van der Waals surface area contributed by atoms with Crippen LogP contribution in [-0.2, 0) is 6.54 Å². The zero-order valence-electron chi connectivity index (χ0n) is 16.6. The average molecular weight is 415 g/mol. The maximum absolute atomic E-state index is 13.5. The lowest BCUT2D eigenvalue weighted by molar-refractivity contribution is 0.0714. The van der Waals surface area contributed by atoms with Crippen LogP contribution < -0.4 is 5.43 Å². The van der Waals surface area contributed by atoms with Crippen molar-refractivity contribution in [2.24, 2.45) is 0 Å². The normalized spacial score (nSPS) is 15.5. The molecule has 0 radical (unpaired) electrons. The summed E-state index contributed by atoms with van der Waals surface area (Å²) in [5, 5.41) is 10.4. The Morgan fingerprint density at radius 1 is 1.03 bits per heavy atom. The van der Waals surface area contributed by atoms with Gasteiger partial charge in [0.25, 0.3) is 5.91 Å². The monoisotopic (exact) mass is 415 g/mol. The summed E-state index contributed by atoms with van der Waals surface area (Å²) in [6.45, 7) is 2.03. The largest absolute Gasteiger partial charge is 0.508 e. The van der Waals surface area contributed by atoms with E-state index in [2.05, 4.69) is 0 Å². The minimum atomic E-state index is -0.735. The highest BCUT2D eigenvalue weighted by atomic mass is 19.1. The third kappa shape index (κ3) is 3.17. The van der Waals surface area contributed by atoms with Crippen molar-refractivity contribution in [3.05, 3.63) is 111 Å². The Balaban J connectivity index is 1.73. The van der Waals surface area contributed by atoms with Crippen molar-refractivity contribution >= 4 is 16.9 Å². The van der Waals surface area contributed by atoms with E-state index in [-0.39, 0.29) is 34.9 Å². The van der Waals surface area contributed by atoms with Crippen LogP contribution in [0, 0.1) is 12.7 Å². The molecule has 1 aromatic heterocycles. The Morgan fingerprint density at radius 2 is 1.81 bits per heavy atom. The number of phenols is 1. The van der Waals surface area contributed by atoms with E-state index in [1.165, 1.54) is 29.2 Å². The molecule has 5 rings (SSSR count). The lowest BCUT2D eigenvalue weighted by Crippen LogP contribution is -2.29. The molecule has 1 amide bonds.